The number of carboxylic acids is 1. The summed E-state index contributed by atoms with van der Waals surface area (Å²) in [5, 5.41) is 9.08. The van der Waals surface area contributed by atoms with Crippen molar-refractivity contribution in [3.8, 4) is 5.75 Å². The molecule has 2 aliphatic rings. The number of hydrogen-bond acceptors (Lipinski definition) is 5. The van der Waals surface area contributed by atoms with Crippen LogP contribution >= 0.6 is 0 Å². The fraction of sp³-hybridized carbons (Fsp3) is 0.344. The zero-order valence-corrected chi connectivity index (χ0v) is 22.0. The summed E-state index contributed by atoms with van der Waals surface area (Å²) in [4.78, 5) is 13.5. The molecule has 2 aromatic rings. The van der Waals surface area contributed by atoms with Gasteiger partial charge in [-0.25, -0.2) is 0 Å². The first kappa shape index (κ1) is 27.3. The van der Waals surface area contributed by atoms with Gasteiger partial charge in [-0.1, -0.05) is 73.2 Å². The van der Waals surface area contributed by atoms with Crippen molar-refractivity contribution in [2.75, 3.05) is 19.7 Å². The maximum absolute atomic E-state index is 11.1. The first-order valence-corrected chi connectivity index (χ1v) is 13.3. The molecule has 1 N–H and O–H groups in total. The molecule has 2 aromatic carbocycles. The number of nitrogens with zero attached hydrogens (tertiary/aromatic N) is 1. The highest BCUT2D eigenvalue weighted by molar-refractivity contribution is 5.70. The van der Waals surface area contributed by atoms with Gasteiger partial charge in [0.15, 0.2) is 5.76 Å². The van der Waals surface area contributed by atoms with Gasteiger partial charge in [0.25, 0.3) is 0 Å². The molecule has 6 heteroatoms. The Morgan fingerprint density at radius 2 is 2.00 bits per heavy atom. The molecule has 1 heterocycles. The summed E-state index contributed by atoms with van der Waals surface area (Å²) >= 11 is 0. The maximum Gasteiger partial charge on any atom is 0.307 e. The van der Waals surface area contributed by atoms with E-state index in [1.165, 1.54) is 11.1 Å². The van der Waals surface area contributed by atoms with E-state index in [9.17, 15) is 4.79 Å². The van der Waals surface area contributed by atoms with Gasteiger partial charge in [-0.05, 0) is 54.9 Å². The summed E-state index contributed by atoms with van der Waals surface area (Å²) in [6.07, 6.45) is 15.2. The number of benzene rings is 2. The molecule has 0 saturated carbocycles. The lowest BCUT2D eigenvalue weighted by Gasteiger charge is -2.35. The third-order valence-electron chi connectivity index (χ3n) is 6.84. The van der Waals surface area contributed by atoms with Gasteiger partial charge >= 0.3 is 5.97 Å². The fourth-order valence-electron chi connectivity index (χ4n) is 4.90. The Balaban J connectivity index is 1.47. The monoisotopic (exact) mass is 515 g/mol. The number of allylic oxidation sites excluding steroid dienone is 3. The highest BCUT2D eigenvalue weighted by Gasteiger charge is 2.28. The lowest BCUT2D eigenvalue weighted by Crippen LogP contribution is -2.41. The first-order chi connectivity index (χ1) is 18.6. The second kappa shape index (κ2) is 14.2. The molecular formula is C32H37NO5. The Kier molecular flexibility index (Phi) is 10.2. The van der Waals surface area contributed by atoms with Gasteiger partial charge < -0.3 is 19.3 Å². The normalized spacial score (nSPS) is 16.2. The number of ether oxygens (including phenoxy) is 3. The molecule has 0 fully saturated rings. The van der Waals surface area contributed by atoms with Crippen LogP contribution in [-0.4, -0.2) is 41.7 Å². The number of carbonyl (C=O) groups is 1. The van der Waals surface area contributed by atoms with Crippen LogP contribution in [0.3, 0.4) is 0 Å². The van der Waals surface area contributed by atoms with Crippen LogP contribution in [0.2, 0.25) is 0 Å². The molecular weight excluding hydrogens is 478 g/mol. The summed E-state index contributed by atoms with van der Waals surface area (Å²) in [5.74, 6) is 0.984. The highest BCUT2D eigenvalue weighted by Crippen LogP contribution is 2.29. The van der Waals surface area contributed by atoms with E-state index in [0.29, 0.717) is 18.3 Å². The standard InChI is InChI=1S/C32H37NO5/c1-25(28-13-6-3-7-14-28)23-33(16-9-17-37-29-15-8-12-27(20-29)22-32(34)35)30(31-24-36-18-19-38-31)21-26-10-4-2-5-11-26/h2-4,6-8,10,12-15,18-20,24-25,30H,5,9,11,16-17,21-23H2,1H3,(H,34,35). The van der Waals surface area contributed by atoms with Crippen LogP contribution in [0.5, 0.6) is 5.75 Å². The van der Waals surface area contributed by atoms with Crippen molar-refractivity contribution >= 4 is 5.97 Å². The van der Waals surface area contributed by atoms with Gasteiger partial charge in [0.05, 0.1) is 19.1 Å². The predicted molar refractivity (Wildman–Crippen MR) is 149 cm³/mol. The van der Waals surface area contributed by atoms with Gasteiger partial charge in [0, 0.05) is 13.1 Å². The van der Waals surface area contributed by atoms with Crippen LogP contribution in [0, 0.1) is 0 Å². The fourth-order valence-corrected chi connectivity index (χ4v) is 4.90. The minimum absolute atomic E-state index is 0.0132. The molecule has 0 aromatic heterocycles. The second-order valence-corrected chi connectivity index (χ2v) is 9.78. The van der Waals surface area contributed by atoms with E-state index in [0.717, 1.165) is 50.1 Å². The zero-order chi connectivity index (χ0) is 26.6. The summed E-state index contributed by atoms with van der Waals surface area (Å²) in [5.41, 5.74) is 3.44. The molecule has 2 unspecified atom stereocenters. The molecule has 0 saturated heterocycles. The van der Waals surface area contributed by atoms with Gasteiger partial charge in [0.1, 0.15) is 24.5 Å². The van der Waals surface area contributed by atoms with Crippen molar-refractivity contribution in [2.45, 2.75) is 51.0 Å². The largest absolute Gasteiger partial charge is 0.494 e. The molecule has 2 atom stereocenters. The Labute approximate surface area is 225 Å². The Morgan fingerprint density at radius 3 is 2.74 bits per heavy atom. The maximum atomic E-state index is 11.1. The summed E-state index contributed by atoms with van der Waals surface area (Å²) in [6.45, 7) is 4.46. The Morgan fingerprint density at radius 1 is 1.13 bits per heavy atom. The number of aliphatic carboxylic acids is 1. The van der Waals surface area contributed by atoms with Crippen molar-refractivity contribution in [2.24, 2.45) is 0 Å². The van der Waals surface area contributed by atoms with Crippen LogP contribution in [0.4, 0.5) is 0 Å². The van der Waals surface area contributed by atoms with Crippen LogP contribution in [0.1, 0.15) is 49.7 Å². The van der Waals surface area contributed by atoms with E-state index in [-0.39, 0.29) is 12.5 Å². The number of carboxylic acid groups (broad SMARTS) is 1. The van der Waals surface area contributed by atoms with E-state index < -0.39 is 5.97 Å². The Hall–Kier alpha value is -3.77. The van der Waals surface area contributed by atoms with Crippen molar-refractivity contribution < 1.29 is 24.1 Å². The summed E-state index contributed by atoms with van der Waals surface area (Å²) in [6, 6.07) is 17.9. The molecule has 0 spiro atoms. The molecule has 38 heavy (non-hydrogen) atoms. The van der Waals surface area contributed by atoms with Crippen molar-refractivity contribution in [3.05, 3.63) is 114 Å². The van der Waals surface area contributed by atoms with Crippen LogP contribution in [0.15, 0.2) is 103 Å². The minimum Gasteiger partial charge on any atom is -0.494 e. The predicted octanol–water partition coefficient (Wildman–Crippen LogP) is 6.58. The third-order valence-corrected chi connectivity index (χ3v) is 6.84. The third kappa shape index (κ3) is 8.38. The summed E-state index contributed by atoms with van der Waals surface area (Å²) < 4.78 is 17.5. The Bertz CT molecular complexity index is 1170. The minimum atomic E-state index is -0.849. The van der Waals surface area contributed by atoms with E-state index in [2.05, 4.69) is 54.3 Å². The molecule has 4 rings (SSSR count). The quantitative estimate of drug-likeness (QED) is 0.287. The van der Waals surface area contributed by atoms with Crippen molar-refractivity contribution in [1.82, 2.24) is 4.90 Å². The SMILES string of the molecule is CC(CN(CCCOc1cccc(CC(=O)O)c1)C(CC1=CC=CCC1)C1=COC=CO1)c1ccccc1. The molecule has 0 amide bonds. The molecule has 0 bridgehead atoms. The van der Waals surface area contributed by atoms with Gasteiger partial charge in [-0.3, -0.25) is 9.69 Å². The van der Waals surface area contributed by atoms with Crippen LogP contribution in [-0.2, 0) is 20.7 Å². The van der Waals surface area contributed by atoms with Gasteiger partial charge in [-0.15, -0.1) is 0 Å². The van der Waals surface area contributed by atoms with E-state index in [4.69, 9.17) is 19.3 Å². The van der Waals surface area contributed by atoms with Crippen LogP contribution < -0.4 is 4.74 Å². The highest BCUT2D eigenvalue weighted by atomic mass is 16.5. The lowest BCUT2D eigenvalue weighted by atomic mass is 9.94. The second-order valence-electron chi connectivity index (χ2n) is 9.78. The zero-order valence-electron chi connectivity index (χ0n) is 22.0. The molecule has 200 valence electrons. The summed E-state index contributed by atoms with van der Waals surface area (Å²) in [7, 11) is 0. The lowest BCUT2D eigenvalue weighted by molar-refractivity contribution is -0.136. The van der Waals surface area contributed by atoms with E-state index in [1.54, 1.807) is 24.9 Å². The van der Waals surface area contributed by atoms with E-state index >= 15 is 0 Å². The average Bonchev–Trinajstić information content (AvgIpc) is 2.95. The van der Waals surface area contributed by atoms with Gasteiger partial charge in [-0.2, -0.15) is 0 Å². The van der Waals surface area contributed by atoms with Crippen molar-refractivity contribution in [3.63, 3.8) is 0 Å². The first-order valence-electron chi connectivity index (χ1n) is 13.3. The molecule has 6 nitrogen and oxygen atoms in total. The molecule has 1 aliphatic heterocycles. The van der Waals surface area contributed by atoms with Crippen LogP contribution in [0.25, 0.3) is 0 Å². The smallest absolute Gasteiger partial charge is 0.307 e. The average molecular weight is 516 g/mol. The number of rotatable bonds is 14. The topological polar surface area (TPSA) is 68.2 Å². The molecule has 0 radical (unpaired) electrons. The molecule has 1 aliphatic carbocycles. The van der Waals surface area contributed by atoms with Crippen molar-refractivity contribution in [1.29, 1.82) is 0 Å². The van der Waals surface area contributed by atoms with E-state index in [1.807, 2.05) is 24.3 Å². The number of hydrogen-bond donors (Lipinski definition) is 1. The van der Waals surface area contributed by atoms with Gasteiger partial charge in [0.2, 0.25) is 0 Å².